The van der Waals surface area contributed by atoms with Crippen molar-refractivity contribution in [1.29, 1.82) is 0 Å². The lowest BCUT2D eigenvalue weighted by Crippen LogP contribution is -2.26. The zero-order valence-electron chi connectivity index (χ0n) is 13.6. The highest BCUT2D eigenvalue weighted by Crippen LogP contribution is 2.08. The molecule has 2 aromatic carbocycles. The molecule has 1 aromatic heterocycles. The lowest BCUT2D eigenvalue weighted by molar-refractivity contribution is 0.0943. The Morgan fingerprint density at radius 1 is 1.08 bits per heavy atom. The van der Waals surface area contributed by atoms with E-state index >= 15 is 0 Å². The fraction of sp³-hybridized carbons (Fsp3) is 0.211. The van der Waals surface area contributed by atoms with Crippen molar-refractivity contribution in [1.82, 2.24) is 20.1 Å². The lowest BCUT2D eigenvalue weighted by Gasteiger charge is -2.03. The van der Waals surface area contributed by atoms with Crippen molar-refractivity contribution in [2.24, 2.45) is 0 Å². The summed E-state index contributed by atoms with van der Waals surface area (Å²) >= 11 is 0. The van der Waals surface area contributed by atoms with Gasteiger partial charge in [0, 0.05) is 6.54 Å². The third-order valence-corrected chi connectivity index (χ3v) is 3.76. The second kappa shape index (κ2) is 7.55. The van der Waals surface area contributed by atoms with Gasteiger partial charge >= 0.3 is 0 Å². The molecule has 0 fully saturated rings. The highest BCUT2D eigenvalue weighted by atomic mass is 16.2. The molecule has 0 aliphatic carbocycles. The SMILES string of the molecule is Cc1ccc(-n2cnc(C(=O)NCCCc3ccccc3)n2)cc1. The molecule has 1 amide bonds. The molecule has 5 heteroatoms. The number of aromatic nitrogens is 3. The van der Waals surface area contributed by atoms with E-state index in [0.717, 1.165) is 18.5 Å². The Hall–Kier alpha value is -2.95. The number of aryl methyl sites for hydroxylation is 2. The van der Waals surface area contributed by atoms with E-state index in [0.29, 0.717) is 6.54 Å². The molecule has 1 N–H and O–H groups in total. The van der Waals surface area contributed by atoms with Gasteiger partial charge in [-0.25, -0.2) is 9.67 Å². The fourth-order valence-electron chi connectivity index (χ4n) is 2.41. The Labute approximate surface area is 141 Å². The predicted octanol–water partition coefficient (Wildman–Crippen LogP) is 2.94. The summed E-state index contributed by atoms with van der Waals surface area (Å²) in [5.74, 6) is -0.0517. The van der Waals surface area contributed by atoms with Crippen LogP contribution in [0, 0.1) is 6.92 Å². The van der Waals surface area contributed by atoms with Crippen LogP contribution in [0.5, 0.6) is 0 Å². The standard InChI is InChI=1S/C19H20N4O/c1-15-9-11-17(12-10-15)23-14-21-18(22-23)19(24)20-13-5-8-16-6-3-2-4-7-16/h2-4,6-7,9-12,14H,5,8,13H2,1H3,(H,20,24). The van der Waals surface area contributed by atoms with E-state index < -0.39 is 0 Å². The summed E-state index contributed by atoms with van der Waals surface area (Å²) in [5.41, 5.74) is 3.33. The van der Waals surface area contributed by atoms with Crippen LogP contribution in [0.1, 0.15) is 28.2 Å². The number of nitrogens with one attached hydrogen (secondary N) is 1. The zero-order valence-corrected chi connectivity index (χ0v) is 13.6. The Bertz CT molecular complexity index is 794. The minimum absolute atomic E-state index is 0.190. The van der Waals surface area contributed by atoms with Gasteiger partial charge in [0.15, 0.2) is 0 Å². The highest BCUT2D eigenvalue weighted by Gasteiger charge is 2.11. The Kier molecular flexibility index (Phi) is 5.01. The first-order valence-electron chi connectivity index (χ1n) is 8.03. The van der Waals surface area contributed by atoms with E-state index in [9.17, 15) is 4.79 Å². The number of hydrogen-bond acceptors (Lipinski definition) is 3. The third-order valence-electron chi connectivity index (χ3n) is 3.76. The highest BCUT2D eigenvalue weighted by molar-refractivity contribution is 5.90. The van der Waals surface area contributed by atoms with E-state index in [1.807, 2.05) is 49.4 Å². The summed E-state index contributed by atoms with van der Waals surface area (Å²) in [4.78, 5) is 16.2. The van der Waals surface area contributed by atoms with E-state index in [-0.39, 0.29) is 11.7 Å². The van der Waals surface area contributed by atoms with Crippen molar-refractivity contribution in [2.45, 2.75) is 19.8 Å². The average molecular weight is 320 g/mol. The normalized spacial score (nSPS) is 10.5. The van der Waals surface area contributed by atoms with Crippen molar-refractivity contribution < 1.29 is 4.79 Å². The number of rotatable bonds is 6. The molecule has 0 spiro atoms. The number of hydrogen-bond donors (Lipinski definition) is 1. The van der Waals surface area contributed by atoms with Crippen LogP contribution in [-0.4, -0.2) is 27.2 Å². The summed E-state index contributed by atoms with van der Waals surface area (Å²) < 4.78 is 1.61. The van der Waals surface area contributed by atoms with E-state index in [1.165, 1.54) is 11.1 Å². The summed E-state index contributed by atoms with van der Waals surface area (Å²) in [7, 11) is 0. The summed E-state index contributed by atoms with van der Waals surface area (Å²) in [5, 5.41) is 7.11. The predicted molar refractivity (Wildman–Crippen MR) is 93.2 cm³/mol. The molecule has 5 nitrogen and oxygen atoms in total. The molecular formula is C19H20N4O. The first kappa shape index (κ1) is 15.9. The van der Waals surface area contributed by atoms with Crippen LogP contribution in [0.2, 0.25) is 0 Å². The zero-order chi connectivity index (χ0) is 16.8. The quantitative estimate of drug-likeness (QED) is 0.710. The molecule has 122 valence electrons. The summed E-state index contributed by atoms with van der Waals surface area (Å²) in [6, 6.07) is 18.1. The van der Waals surface area contributed by atoms with E-state index in [1.54, 1.807) is 11.0 Å². The molecule has 1 heterocycles. The van der Waals surface area contributed by atoms with Crippen molar-refractivity contribution in [3.05, 3.63) is 77.9 Å². The van der Waals surface area contributed by atoms with Gasteiger partial charge in [-0.15, -0.1) is 5.10 Å². The maximum atomic E-state index is 12.1. The van der Waals surface area contributed by atoms with Crippen LogP contribution in [0.25, 0.3) is 5.69 Å². The molecule has 0 unspecified atom stereocenters. The molecular weight excluding hydrogens is 300 g/mol. The second-order valence-electron chi connectivity index (χ2n) is 5.69. The number of benzene rings is 2. The Morgan fingerprint density at radius 2 is 1.83 bits per heavy atom. The molecule has 0 aliphatic heterocycles. The number of nitrogens with zero attached hydrogens (tertiary/aromatic N) is 3. The lowest BCUT2D eigenvalue weighted by atomic mass is 10.1. The van der Waals surface area contributed by atoms with Crippen molar-refractivity contribution in [2.75, 3.05) is 6.54 Å². The molecule has 3 rings (SSSR count). The van der Waals surface area contributed by atoms with Crippen LogP contribution in [0.3, 0.4) is 0 Å². The third kappa shape index (κ3) is 4.07. The minimum Gasteiger partial charge on any atom is -0.349 e. The van der Waals surface area contributed by atoms with Gasteiger partial charge in [0.25, 0.3) is 5.91 Å². The van der Waals surface area contributed by atoms with Crippen molar-refractivity contribution in [3.8, 4) is 5.69 Å². The molecule has 0 saturated carbocycles. The Balaban J connectivity index is 1.51. The van der Waals surface area contributed by atoms with Gasteiger partial charge in [0.1, 0.15) is 6.33 Å². The molecule has 0 bridgehead atoms. The topological polar surface area (TPSA) is 59.8 Å². The van der Waals surface area contributed by atoms with Crippen LogP contribution in [0.15, 0.2) is 60.9 Å². The summed E-state index contributed by atoms with van der Waals surface area (Å²) in [6.07, 6.45) is 3.38. The van der Waals surface area contributed by atoms with Gasteiger partial charge in [-0.05, 0) is 37.5 Å². The number of carbonyl (C=O) groups is 1. The molecule has 24 heavy (non-hydrogen) atoms. The Morgan fingerprint density at radius 3 is 2.58 bits per heavy atom. The van der Waals surface area contributed by atoms with Crippen LogP contribution in [0.4, 0.5) is 0 Å². The van der Waals surface area contributed by atoms with Gasteiger partial charge in [-0.1, -0.05) is 48.0 Å². The molecule has 0 saturated heterocycles. The smallest absolute Gasteiger partial charge is 0.290 e. The van der Waals surface area contributed by atoms with Crippen LogP contribution >= 0.6 is 0 Å². The van der Waals surface area contributed by atoms with Gasteiger partial charge in [0.05, 0.1) is 5.69 Å². The van der Waals surface area contributed by atoms with Gasteiger partial charge < -0.3 is 5.32 Å². The van der Waals surface area contributed by atoms with Crippen molar-refractivity contribution >= 4 is 5.91 Å². The second-order valence-corrected chi connectivity index (χ2v) is 5.69. The first-order valence-corrected chi connectivity index (χ1v) is 8.03. The van der Waals surface area contributed by atoms with Gasteiger partial charge in [0.2, 0.25) is 5.82 Å². The minimum atomic E-state index is -0.242. The first-order chi connectivity index (χ1) is 11.7. The van der Waals surface area contributed by atoms with Crippen LogP contribution < -0.4 is 5.32 Å². The van der Waals surface area contributed by atoms with E-state index in [4.69, 9.17) is 0 Å². The summed E-state index contributed by atoms with van der Waals surface area (Å²) in [6.45, 7) is 2.63. The fourth-order valence-corrected chi connectivity index (χ4v) is 2.41. The molecule has 0 aliphatic rings. The number of carbonyl (C=O) groups excluding carboxylic acids is 1. The van der Waals surface area contributed by atoms with Crippen molar-refractivity contribution in [3.63, 3.8) is 0 Å². The molecule has 3 aromatic rings. The average Bonchev–Trinajstić information content (AvgIpc) is 3.10. The van der Waals surface area contributed by atoms with Crippen LogP contribution in [-0.2, 0) is 6.42 Å². The van der Waals surface area contributed by atoms with Gasteiger partial charge in [-0.2, -0.15) is 0 Å². The molecule has 0 radical (unpaired) electrons. The van der Waals surface area contributed by atoms with Gasteiger partial charge in [-0.3, -0.25) is 4.79 Å². The monoisotopic (exact) mass is 320 g/mol. The molecule has 0 atom stereocenters. The largest absolute Gasteiger partial charge is 0.349 e. The van der Waals surface area contributed by atoms with E-state index in [2.05, 4.69) is 27.5 Å². The maximum absolute atomic E-state index is 12.1. The maximum Gasteiger partial charge on any atom is 0.290 e. The number of amides is 1.